The average molecular weight is 463 g/mol. The lowest BCUT2D eigenvalue weighted by molar-refractivity contribution is 0.283. The van der Waals surface area contributed by atoms with Gasteiger partial charge >= 0.3 is 0 Å². The highest BCUT2D eigenvalue weighted by Gasteiger charge is 2.31. The molecule has 0 bridgehead atoms. The maximum Gasteiger partial charge on any atom is 0.232 e. The zero-order chi connectivity index (χ0) is 17.6. The highest BCUT2D eigenvalue weighted by Crippen LogP contribution is 2.40. The molecule has 25 heavy (non-hydrogen) atoms. The maximum absolute atomic E-state index is 5.32. The Labute approximate surface area is 169 Å². The zero-order valence-corrected chi connectivity index (χ0v) is 18.6. The third kappa shape index (κ3) is 6.42. The van der Waals surface area contributed by atoms with Gasteiger partial charge in [-0.2, -0.15) is 4.98 Å². The van der Waals surface area contributed by atoms with E-state index < -0.39 is 0 Å². The van der Waals surface area contributed by atoms with Crippen molar-refractivity contribution in [3.8, 4) is 0 Å². The fraction of sp³-hybridized carbons (Fsp3) is 0.833. The highest BCUT2D eigenvalue weighted by atomic mass is 127. The molecule has 0 unspecified atom stereocenters. The summed E-state index contributed by atoms with van der Waals surface area (Å²) in [6.45, 7) is 12.8. The number of aromatic nitrogens is 2. The number of halogens is 1. The highest BCUT2D eigenvalue weighted by molar-refractivity contribution is 14.0. The summed E-state index contributed by atoms with van der Waals surface area (Å²) in [5, 5.41) is 10.9. The van der Waals surface area contributed by atoms with Crippen molar-refractivity contribution in [3.63, 3.8) is 0 Å². The summed E-state index contributed by atoms with van der Waals surface area (Å²) in [6.07, 6.45) is 6.55. The normalized spacial score (nSPS) is 17.2. The number of rotatable bonds is 6. The molecule has 0 amide bonds. The molecule has 0 atom stereocenters. The first-order valence-electron chi connectivity index (χ1n) is 9.24. The molecule has 1 aliphatic carbocycles. The van der Waals surface area contributed by atoms with Crippen molar-refractivity contribution >= 4 is 29.9 Å². The van der Waals surface area contributed by atoms with Crippen LogP contribution in [0.5, 0.6) is 0 Å². The van der Waals surface area contributed by atoms with Crippen molar-refractivity contribution < 1.29 is 4.52 Å². The smallest absolute Gasteiger partial charge is 0.232 e. The summed E-state index contributed by atoms with van der Waals surface area (Å²) in [5.41, 5.74) is 0.301. The Morgan fingerprint density at radius 1 is 1.20 bits per heavy atom. The van der Waals surface area contributed by atoms with E-state index in [1.807, 2.05) is 0 Å². The van der Waals surface area contributed by atoms with Gasteiger partial charge in [-0.05, 0) is 31.6 Å². The lowest BCUT2D eigenvalue weighted by atomic mass is 9.83. The topological polar surface area (TPSA) is 75.3 Å². The van der Waals surface area contributed by atoms with Crippen molar-refractivity contribution in [1.29, 1.82) is 0 Å². The van der Waals surface area contributed by atoms with Crippen LogP contribution >= 0.6 is 24.0 Å². The summed E-state index contributed by atoms with van der Waals surface area (Å²) >= 11 is 0. The lowest BCUT2D eigenvalue weighted by Gasteiger charge is -2.28. The Balaban J connectivity index is 0.00000312. The molecule has 0 saturated heterocycles. The Morgan fingerprint density at radius 2 is 1.88 bits per heavy atom. The number of nitrogens with zero attached hydrogens (tertiary/aromatic N) is 3. The largest absolute Gasteiger partial charge is 0.357 e. The Bertz CT molecular complexity index is 544. The van der Waals surface area contributed by atoms with E-state index in [4.69, 9.17) is 4.52 Å². The number of hydrogen-bond donors (Lipinski definition) is 2. The predicted octanol–water partition coefficient (Wildman–Crippen LogP) is 4.01. The van der Waals surface area contributed by atoms with Crippen LogP contribution in [0.25, 0.3) is 0 Å². The number of guanidine groups is 1. The van der Waals surface area contributed by atoms with Gasteiger partial charge in [0.1, 0.15) is 6.54 Å². The lowest BCUT2D eigenvalue weighted by Crippen LogP contribution is -2.42. The third-order valence-corrected chi connectivity index (χ3v) is 4.88. The number of hydrogen-bond acceptors (Lipinski definition) is 4. The second kappa shape index (κ2) is 9.73. The summed E-state index contributed by atoms with van der Waals surface area (Å²) < 4.78 is 5.32. The fourth-order valence-corrected chi connectivity index (χ4v) is 3.17. The first-order valence-corrected chi connectivity index (χ1v) is 9.24. The first-order chi connectivity index (χ1) is 11.4. The van der Waals surface area contributed by atoms with Crippen molar-refractivity contribution in [3.05, 3.63) is 11.7 Å². The molecule has 1 fully saturated rings. The van der Waals surface area contributed by atoms with Gasteiger partial charge in [0, 0.05) is 18.5 Å². The van der Waals surface area contributed by atoms with Gasteiger partial charge in [-0.25, -0.2) is 4.99 Å². The van der Waals surface area contributed by atoms with Gasteiger partial charge in [0.25, 0.3) is 0 Å². The van der Waals surface area contributed by atoms with Gasteiger partial charge in [0.2, 0.25) is 5.89 Å². The van der Waals surface area contributed by atoms with Crippen LogP contribution in [0.15, 0.2) is 9.52 Å². The third-order valence-electron chi connectivity index (χ3n) is 4.88. The quantitative estimate of drug-likeness (QED) is 0.379. The predicted molar refractivity (Wildman–Crippen MR) is 112 cm³/mol. The minimum Gasteiger partial charge on any atom is -0.357 e. The molecule has 2 rings (SSSR count). The van der Waals surface area contributed by atoms with Gasteiger partial charge in [0.05, 0.1) is 0 Å². The van der Waals surface area contributed by atoms with E-state index in [2.05, 4.69) is 60.4 Å². The molecule has 0 radical (unpaired) electrons. The van der Waals surface area contributed by atoms with Gasteiger partial charge in [0.15, 0.2) is 11.8 Å². The molecule has 1 heterocycles. The molecular formula is C18H34IN5O. The Kier molecular flexibility index (Phi) is 8.63. The summed E-state index contributed by atoms with van der Waals surface area (Å²) in [7, 11) is 0. The maximum atomic E-state index is 5.32. The summed E-state index contributed by atoms with van der Waals surface area (Å²) in [4.78, 5) is 9.06. The van der Waals surface area contributed by atoms with Crippen LogP contribution in [-0.4, -0.2) is 29.2 Å². The van der Waals surface area contributed by atoms with Crippen LogP contribution in [0.1, 0.15) is 78.4 Å². The Morgan fingerprint density at radius 3 is 2.40 bits per heavy atom. The van der Waals surface area contributed by atoms with Gasteiger partial charge in [-0.15, -0.1) is 24.0 Å². The molecule has 1 saturated carbocycles. The molecule has 0 aromatic carbocycles. The molecule has 1 aliphatic rings. The second-order valence-corrected chi connectivity index (χ2v) is 7.88. The molecule has 1 aromatic heterocycles. The van der Waals surface area contributed by atoms with E-state index in [0.717, 1.165) is 19.0 Å². The summed E-state index contributed by atoms with van der Waals surface area (Å²) in [6, 6.07) is 0. The van der Waals surface area contributed by atoms with E-state index >= 15 is 0 Å². The van der Waals surface area contributed by atoms with Crippen molar-refractivity contribution in [1.82, 2.24) is 20.8 Å². The molecule has 6 nitrogen and oxygen atoms in total. The molecule has 1 aromatic rings. The van der Waals surface area contributed by atoms with Crippen LogP contribution in [0, 0.1) is 5.41 Å². The van der Waals surface area contributed by atoms with E-state index in [9.17, 15) is 0 Å². The molecule has 2 N–H and O–H groups in total. The monoisotopic (exact) mass is 463 g/mol. The fourth-order valence-electron chi connectivity index (χ4n) is 3.17. The van der Waals surface area contributed by atoms with Crippen LogP contribution in [0.3, 0.4) is 0 Å². The van der Waals surface area contributed by atoms with Crippen LogP contribution in [0.4, 0.5) is 0 Å². The standard InChI is InChI=1S/C18H33N5O.HI/c1-6-18(10-8-9-11-18)13-21-16(19-7-2)20-12-14-22-15(24-23-14)17(3,4)5;/h6-13H2,1-5H3,(H2,19,20,21);1H. The zero-order valence-electron chi connectivity index (χ0n) is 16.3. The molecule has 144 valence electrons. The average Bonchev–Trinajstić information content (AvgIpc) is 3.19. The van der Waals surface area contributed by atoms with E-state index in [1.54, 1.807) is 0 Å². The number of nitrogens with one attached hydrogen (secondary N) is 2. The second-order valence-electron chi connectivity index (χ2n) is 7.88. The Hall–Kier alpha value is -0.860. The SMILES string of the molecule is CCNC(=NCc1noc(C(C)(C)C)n1)NCC1(CC)CCCC1.I. The molecule has 7 heteroatoms. The van der Waals surface area contributed by atoms with Crippen LogP contribution in [-0.2, 0) is 12.0 Å². The van der Waals surface area contributed by atoms with Gasteiger partial charge in [-0.3, -0.25) is 0 Å². The van der Waals surface area contributed by atoms with Crippen LogP contribution < -0.4 is 10.6 Å². The molecule has 0 aliphatic heterocycles. The van der Waals surface area contributed by atoms with Crippen molar-refractivity contribution in [2.24, 2.45) is 10.4 Å². The van der Waals surface area contributed by atoms with Gasteiger partial charge < -0.3 is 15.2 Å². The summed E-state index contributed by atoms with van der Waals surface area (Å²) in [5.74, 6) is 2.11. The van der Waals surface area contributed by atoms with Crippen LogP contribution in [0.2, 0.25) is 0 Å². The minimum absolute atomic E-state index is 0. The van der Waals surface area contributed by atoms with Crippen molar-refractivity contribution in [2.75, 3.05) is 13.1 Å². The van der Waals surface area contributed by atoms with Crippen molar-refractivity contribution in [2.45, 2.75) is 78.7 Å². The van der Waals surface area contributed by atoms with E-state index in [0.29, 0.717) is 23.7 Å². The first kappa shape index (κ1) is 22.2. The minimum atomic E-state index is -0.131. The van der Waals surface area contributed by atoms with E-state index in [-0.39, 0.29) is 29.4 Å². The molecular weight excluding hydrogens is 429 g/mol. The molecule has 0 spiro atoms. The van der Waals surface area contributed by atoms with Gasteiger partial charge in [-0.1, -0.05) is 45.7 Å². The number of aliphatic imine (C=N–C) groups is 1. The van der Waals surface area contributed by atoms with E-state index in [1.165, 1.54) is 32.1 Å².